The first-order valence-electron chi connectivity index (χ1n) is 11.4. The van der Waals surface area contributed by atoms with Gasteiger partial charge >= 0.3 is 0 Å². The van der Waals surface area contributed by atoms with Gasteiger partial charge in [-0.1, -0.05) is 78.9 Å². The van der Waals surface area contributed by atoms with E-state index in [0.29, 0.717) is 28.9 Å². The minimum Gasteiger partial charge on any atom is -0.352 e. The third-order valence-electron chi connectivity index (χ3n) is 5.76. The van der Waals surface area contributed by atoms with Gasteiger partial charge in [0.05, 0.1) is 22.5 Å². The molecule has 0 saturated heterocycles. The predicted molar refractivity (Wildman–Crippen MR) is 138 cm³/mol. The van der Waals surface area contributed by atoms with Crippen LogP contribution in [0.25, 0.3) is 22.2 Å². The second-order valence-electron chi connectivity index (χ2n) is 8.42. The van der Waals surface area contributed by atoms with E-state index in [1.807, 2.05) is 72.8 Å². The third kappa shape index (κ3) is 5.88. The minimum atomic E-state index is -3.23. The molecule has 174 valence electrons. The number of hydrogen-bond donors (Lipinski definition) is 1. The van der Waals surface area contributed by atoms with Crippen LogP contribution in [0, 0.1) is 0 Å². The van der Waals surface area contributed by atoms with Crippen LogP contribution >= 0.6 is 0 Å². The van der Waals surface area contributed by atoms with Crippen LogP contribution in [-0.2, 0) is 22.7 Å². The lowest BCUT2D eigenvalue weighted by molar-refractivity contribution is 0.0954. The Balaban J connectivity index is 1.71. The van der Waals surface area contributed by atoms with Crippen LogP contribution in [0.1, 0.15) is 27.9 Å². The summed E-state index contributed by atoms with van der Waals surface area (Å²) in [5.74, 6) is -0.256. The minimum absolute atomic E-state index is 0.0544. The molecule has 4 rings (SSSR count). The molecule has 0 aliphatic heterocycles. The van der Waals surface area contributed by atoms with E-state index in [2.05, 4.69) is 17.4 Å². The molecule has 34 heavy (non-hydrogen) atoms. The van der Waals surface area contributed by atoms with Crippen LogP contribution in [0.15, 0.2) is 84.9 Å². The fourth-order valence-corrected chi connectivity index (χ4v) is 4.68. The number of rotatable bonds is 9. The van der Waals surface area contributed by atoms with E-state index >= 15 is 0 Å². The number of para-hydroxylation sites is 1. The summed E-state index contributed by atoms with van der Waals surface area (Å²) >= 11 is 0. The molecule has 4 aromatic rings. The van der Waals surface area contributed by atoms with Crippen LogP contribution < -0.4 is 5.32 Å². The highest BCUT2D eigenvalue weighted by Gasteiger charge is 2.22. The van der Waals surface area contributed by atoms with Gasteiger partial charge in [-0.3, -0.25) is 4.79 Å². The first-order chi connectivity index (χ1) is 16.4. The molecule has 0 saturated carbocycles. The Labute approximate surface area is 200 Å². The van der Waals surface area contributed by atoms with Gasteiger partial charge in [-0.2, -0.15) is 0 Å². The molecular weight excluding hydrogens is 444 g/mol. The Bertz CT molecular complexity index is 1390. The molecular formula is C28H28N2O3S. The van der Waals surface area contributed by atoms with Crippen LogP contribution in [0.5, 0.6) is 0 Å². The quantitative estimate of drug-likeness (QED) is 0.353. The van der Waals surface area contributed by atoms with E-state index in [4.69, 9.17) is 4.98 Å². The zero-order valence-corrected chi connectivity index (χ0v) is 20.0. The van der Waals surface area contributed by atoms with E-state index in [-0.39, 0.29) is 18.1 Å². The number of aryl methyl sites for hydroxylation is 1. The zero-order valence-electron chi connectivity index (χ0n) is 19.2. The summed E-state index contributed by atoms with van der Waals surface area (Å²) in [6.07, 6.45) is 3.11. The predicted octanol–water partition coefficient (Wildman–Crippen LogP) is 4.85. The van der Waals surface area contributed by atoms with Crippen LogP contribution in [0.4, 0.5) is 0 Å². The van der Waals surface area contributed by atoms with Crippen LogP contribution in [-0.4, -0.2) is 37.9 Å². The number of pyridine rings is 1. The molecule has 1 N–H and O–H groups in total. The van der Waals surface area contributed by atoms with E-state index < -0.39 is 9.84 Å². The van der Waals surface area contributed by atoms with Crippen molar-refractivity contribution in [2.24, 2.45) is 0 Å². The number of sulfone groups is 1. The van der Waals surface area contributed by atoms with Gasteiger partial charge in [-0.05, 0) is 36.5 Å². The van der Waals surface area contributed by atoms with Crippen LogP contribution in [0.3, 0.4) is 0 Å². The van der Waals surface area contributed by atoms with Gasteiger partial charge in [0, 0.05) is 23.8 Å². The Kier molecular flexibility index (Phi) is 7.38. The molecule has 5 nitrogen and oxygen atoms in total. The number of nitrogens with one attached hydrogen (secondary N) is 1. The Morgan fingerprint density at radius 1 is 0.853 bits per heavy atom. The number of aromatic nitrogens is 1. The number of benzene rings is 3. The van der Waals surface area contributed by atoms with Crippen molar-refractivity contribution in [3.8, 4) is 11.3 Å². The fourth-order valence-electron chi connectivity index (χ4n) is 4.10. The molecule has 6 heteroatoms. The number of amides is 1. The Hall–Kier alpha value is -3.51. The summed E-state index contributed by atoms with van der Waals surface area (Å²) in [5, 5.41) is 3.79. The molecule has 1 aromatic heterocycles. The summed E-state index contributed by atoms with van der Waals surface area (Å²) in [6.45, 7) is 0.524. The zero-order chi connectivity index (χ0) is 24.0. The lowest BCUT2D eigenvalue weighted by Gasteiger charge is -2.17. The van der Waals surface area contributed by atoms with Crippen molar-refractivity contribution < 1.29 is 13.2 Å². The van der Waals surface area contributed by atoms with Gasteiger partial charge in [0.15, 0.2) is 0 Å². The average Bonchev–Trinajstić information content (AvgIpc) is 2.85. The van der Waals surface area contributed by atoms with Gasteiger partial charge in [0.2, 0.25) is 0 Å². The molecule has 0 atom stereocenters. The van der Waals surface area contributed by atoms with E-state index in [9.17, 15) is 13.2 Å². The number of nitrogens with zero attached hydrogens (tertiary/aromatic N) is 1. The fraction of sp³-hybridized carbons (Fsp3) is 0.214. The van der Waals surface area contributed by atoms with E-state index in [1.165, 1.54) is 11.8 Å². The molecule has 0 fully saturated rings. The van der Waals surface area contributed by atoms with Crippen molar-refractivity contribution in [1.29, 1.82) is 0 Å². The molecule has 0 bridgehead atoms. The van der Waals surface area contributed by atoms with Crippen molar-refractivity contribution >= 4 is 26.6 Å². The first-order valence-corrected chi connectivity index (χ1v) is 13.5. The Morgan fingerprint density at radius 2 is 1.50 bits per heavy atom. The third-order valence-corrected chi connectivity index (χ3v) is 6.71. The normalized spacial score (nSPS) is 11.4. The maximum Gasteiger partial charge on any atom is 0.252 e. The van der Waals surface area contributed by atoms with Crippen molar-refractivity contribution in [3.63, 3.8) is 0 Å². The highest BCUT2D eigenvalue weighted by atomic mass is 32.2. The number of fused-ring (bicyclic) bond motifs is 1. The topological polar surface area (TPSA) is 76.1 Å². The molecule has 0 aliphatic carbocycles. The lowest BCUT2D eigenvalue weighted by atomic mass is 9.94. The molecule has 3 aromatic carbocycles. The van der Waals surface area contributed by atoms with Crippen molar-refractivity contribution in [2.75, 3.05) is 18.6 Å². The summed E-state index contributed by atoms with van der Waals surface area (Å²) in [5.41, 5.74) is 4.61. The number of hydrogen-bond acceptors (Lipinski definition) is 4. The lowest BCUT2D eigenvalue weighted by Crippen LogP contribution is -2.27. The SMILES string of the molecule is CS(=O)(=O)CCc1c(-c2ccccc2)nc2ccccc2c1C(=O)NCCCc1ccccc1. The molecule has 1 heterocycles. The van der Waals surface area contributed by atoms with Gasteiger partial charge in [-0.25, -0.2) is 13.4 Å². The van der Waals surface area contributed by atoms with Crippen molar-refractivity contribution in [1.82, 2.24) is 10.3 Å². The van der Waals surface area contributed by atoms with E-state index in [0.717, 1.165) is 23.8 Å². The van der Waals surface area contributed by atoms with Gasteiger partial charge < -0.3 is 5.32 Å². The highest BCUT2D eigenvalue weighted by Crippen LogP contribution is 2.31. The highest BCUT2D eigenvalue weighted by molar-refractivity contribution is 7.90. The van der Waals surface area contributed by atoms with Gasteiger partial charge in [0.25, 0.3) is 5.91 Å². The number of carbonyl (C=O) groups is 1. The van der Waals surface area contributed by atoms with Gasteiger partial charge in [0.1, 0.15) is 9.84 Å². The maximum atomic E-state index is 13.5. The average molecular weight is 473 g/mol. The smallest absolute Gasteiger partial charge is 0.252 e. The molecule has 0 aliphatic rings. The molecule has 1 amide bonds. The monoisotopic (exact) mass is 472 g/mol. The summed E-state index contributed by atoms with van der Waals surface area (Å²) < 4.78 is 24.0. The standard InChI is InChI=1S/C28H28N2O3S/c1-34(32,33)20-18-24-26(28(31)29-19-10-13-21-11-4-2-5-12-21)23-16-8-9-17-25(23)30-27(24)22-14-6-3-7-15-22/h2-9,11-12,14-17H,10,13,18-20H2,1H3,(H,29,31). The second-order valence-corrected chi connectivity index (χ2v) is 10.7. The first kappa shape index (κ1) is 23.6. The van der Waals surface area contributed by atoms with E-state index in [1.54, 1.807) is 0 Å². The maximum absolute atomic E-state index is 13.5. The number of carbonyl (C=O) groups excluding carboxylic acids is 1. The summed E-state index contributed by atoms with van der Waals surface area (Å²) in [7, 11) is -3.23. The molecule has 0 radical (unpaired) electrons. The molecule has 0 spiro atoms. The Morgan fingerprint density at radius 3 is 2.21 bits per heavy atom. The summed E-state index contributed by atoms with van der Waals surface area (Å²) in [4.78, 5) is 18.4. The second kappa shape index (κ2) is 10.6. The van der Waals surface area contributed by atoms with Gasteiger partial charge in [-0.15, -0.1) is 0 Å². The largest absolute Gasteiger partial charge is 0.352 e. The van der Waals surface area contributed by atoms with Crippen molar-refractivity contribution in [2.45, 2.75) is 19.3 Å². The molecule has 0 unspecified atom stereocenters. The van der Waals surface area contributed by atoms with Crippen LogP contribution in [0.2, 0.25) is 0 Å². The summed E-state index contributed by atoms with van der Waals surface area (Å²) in [6, 6.07) is 27.3. The van der Waals surface area contributed by atoms with Crippen molar-refractivity contribution in [3.05, 3.63) is 102 Å².